The number of halogens is 2. The molecule has 2 atom stereocenters. The van der Waals surface area contributed by atoms with Crippen molar-refractivity contribution in [3.05, 3.63) is 33.8 Å². The Balaban J connectivity index is 2.01. The van der Waals surface area contributed by atoms with Gasteiger partial charge in [0.1, 0.15) is 0 Å². The second-order valence-electron chi connectivity index (χ2n) is 3.62. The fourth-order valence-electron chi connectivity index (χ4n) is 1.59. The van der Waals surface area contributed by atoms with E-state index in [1.54, 1.807) is 0 Å². The highest BCUT2D eigenvalue weighted by Gasteiger charge is 2.33. The fraction of sp³-hybridized carbons (Fsp3) is 0.455. The average molecular weight is 231 g/mol. The largest absolute Gasteiger partial charge is 0.370 e. The summed E-state index contributed by atoms with van der Waals surface area (Å²) in [5.41, 5.74) is 1.04. The Morgan fingerprint density at radius 1 is 1.29 bits per heavy atom. The van der Waals surface area contributed by atoms with E-state index in [0.29, 0.717) is 12.2 Å². The van der Waals surface area contributed by atoms with Crippen LogP contribution in [0.1, 0.15) is 18.9 Å². The summed E-state index contributed by atoms with van der Waals surface area (Å²) in [6.45, 7) is 2.08. The van der Waals surface area contributed by atoms with Crippen LogP contribution in [0.15, 0.2) is 18.2 Å². The number of benzene rings is 1. The molecule has 1 saturated heterocycles. The molecule has 1 aliphatic rings. The van der Waals surface area contributed by atoms with Gasteiger partial charge in [-0.05, 0) is 37.5 Å². The van der Waals surface area contributed by atoms with Gasteiger partial charge in [-0.15, -0.1) is 0 Å². The normalized spacial score (nSPS) is 25.1. The predicted octanol–water partition coefficient (Wildman–Crippen LogP) is 3.71. The molecule has 1 fully saturated rings. The van der Waals surface area contributed by atoms with E-state index in [1.807, 2.05) is 18.2 Å². The Bertz CT molecular complexity index is 318. The molecule has 3 heteroatoms. The molecule has 0 saturated carbocycles. The zero-order valence-corrected chi connectivity index (χ0v) is 9.48. The minimum Gasteiger partial charge on any atom is -0.370 e. The first-order valence-electron chi connectivity index (χ1n) is 4.77. The van der Waals surface area contributed by atoms with Crippen LogP contribution in [0, 0.1) is 0 Å². The third-order valence-electron chi connectivity index (χ3n) is 2.58. The van der Waals surface area contributed by atoms with Crippen molar-refractivity contribution in [2.45, 2.75) is 32.0 Å². The van der Waals surface area contributed by atoms with Crippen LogP contribution in [0.4, 0.5) is 0 Å². The molecule has 76 valence electrons. The highest BCUT2D eigenvalue weighted by Crippen LogP contribution is 2.30. The van der Waals surface area contributed by atoms with Gasteiger partial charge in [0.25, 0.3) is 0 Å². The maximum atomic E-state index is 6.04. The fourth-order valence-corrected chi connectivity index (χ4v) is 2.18. The third kappa shape index (κ3) is 2.22. The molecule has 0 aliphatic carbocycles. The zero-order chi connectivity index (χ0) is 10.1. The van der Waals surface area contributed by atoms with Gasteiger partial charge in [0, 0.05) is 10.0 Å². The number of ether oxygens (including phenoxy) is 1. The lowest BCUT2D eigenvalue weighted by atomic mass is 10.1. The lowest BCUT2D eigenvalue weighted by Crippen LogP contribution is -1.95. The van der Waals surface area contributed by atoms with Gasteiger partial charge in [0.05, 0.1) is 12.2 Å². The van der Waals surface area contributed by atoms with Crippen LogP contribution in [-0.4, -0.2) is 12.2 Å². The molecule has 1 heterocycles. The Labute approximate surface area is 94.0 Å². The quantitative estimate of drug-likeness (QED) is 0.722. The van der Waals surface area contributed by atoms with Crippen molar-refractivity contribution in [2.75, 3.05) is 0 Å². The highest BCUT2D eigenvalue weighted by atomic mass is 35.5. The van der Waals surface area contributed by atoms with Crippen LogP contribution in [0.5, 0.6) is 0 Å². The monoisotopic (exact) mass is 230 g/mol. The molecule has 2 unspecified atom stereocenters. The third-order valence-corrected chi connectivity index (χ3v) is 3.29. The van der Waals surface area contributed by atoms with E-state index in [4.69, 9.17) is 27.9 Å². The summed E-state index contributed by atoms with van der Waals surface area (Å²) in [5, 5.41) is 1.51. The van der Waals surface area contributed by atoms with Crippen LogP contribution in [0.3, 0.4) is 0 Å². The molecule has 0 bridgehead atoms. The number of epoxide rings is 1. The van der Waals surface area contributed by atoms with E-state index in [2.05, 4.69) is 6.92 Å². The summed E-state index contributed by atoms with van der Waals surface area (Å²) in [6, 6.07) is 5.62. The summed E-state index contributed by atoms with van der Waals surface area (Å²) in [7, 11) is 0. The van der Waals surface area contributed by atoms with Crippen LogP contribution < -0.4 is 0 Å². The molecular weight excluding hydrogens is 219 g/mol. The van der Waals surface area contributed by atoms with Gasteiger partial charge in [0.2, 0.25) is 0 Å². The number of hydrogen-bond donors (Lipinski definition) is 0. The molecular formula is C11H12Cl2O. The number of rotatable bonds is 3. The first-order valence-corrected chi connectivity index (χ1v) is 5.52. The SMILES string of the molecule is CC1OC1CCc1c(Cl)cccc1Cl. The van der Waals surface area contributed by atoms with Gasteiger partial charge < -0.3 is 4.74 Å². The second kappa shape index (κ2) is 4.09. The van der Waals surface area contributed by atoms with Gasteiger partial charge >= 0.3 is 0 Å². The average Bonchev–Trinajstić information content (AvgIpc) is 2.81. The van der Waals surface area contributed by atoms with Crippen molar-refractivity contribution >= 4 is 23.2 Å². The number of hydrogen-bond acceptors (Lipinski definition) is 1. The van der Waals surface area contributed by atoms with Crippen molar-refractivity contribution in [1.82, 2.24) is 0 Å². The molecule has 1 aromatic rings. The smallest absolute Gasteiger partial charge is 0.0842 e. The summed E-state index contributed by atoms with van der Waals surface area (Å²) < 4.78 is 5.33. The molecule has 0 amide bonds. The van der Waals surface area contributed by atoms with Crippen molar-refractivity contribution in [1.29, 1.82) is 0 Å². The molecule has 0 N–H and O–H groups in total. The first-order chi connectivity index (χ1) is 6.68. The first kappa shape index (κ1) is 10.3. The van der Waals surface area contributed by atoms with Crippen molar-refractivity contribution in [2.24, 2.45) is 0 Å². The molecule has 0 aromatic heterocycles. The Morgan fingerprint density at radius 2 is 1.86 bits per heavy atom. The van der Waals surface area contributed by atoms with E-state index in [0.717, 1.165) is 28.5 Å². The van der Waals surface area contributed by atoms with Gasteiger partial charge in [-0.25, -0.2) is 0 Å². The highest BCUT2D eigenvalue weighted by molar-refractivity contribution is 6.35. The Kier molecular flexibility index (Phi) is 3.01. The van der Waals surface area contributed by atoms with Crippen LogP contribution in [0.2, 0.25) is 10.0 Å². The van der Waals surface area contributed by atoms with E-state index in [-0.39, 0.29) is 0 Å². The van der Waals surface area contributed by atoms with Gasteiger partial charge in [-0.3, -0.25) is 0 Å². The predicted molar refractivity (Wildman–Crippen MR) is 59.1 cm³/mol. The van der Waals surface area contributed by atoms with E-state index in [1.165, 1.54) is 0 Å². The summed E-state index contributed by atoms with van der Waals surface area (Å²) in [5.74, 6) is 0. The standard InChI is InChI=1S/C11H12Cl2O/c1-7-11(14-7)6-5-8-9(12)3-2-4-10(8)13/h2-4,7,11H,5-6H2,1H3. The van der Waals surface area contributed by atoms with Crippen molar-refractivity contribution in [3.63, 3.8) is 0 Å². The lowest BCUT2D eigenvalue weighted by molar-refractivity contribution is 0.370. The molecule has 14 heavy (non-hydrogen) atoms. The molecule has 1 nitrogen and oxygen atoms in total. The minimum absolute atomic E-state index is 0.405. The molecule has 1 aliphatic heterocycles. The van der Waals surface area contributed by atoms with Crippen LogP contribution >= 0.6 is 23.2 Å². The molecule has 1 aromatic carbocycles. The van der Waals surface area contributed by atoms with E-state index in [9.17, 15) is 0 Å². The molecule has 2 rings (SSSR count). The van der Waals surface area contributed by atoms with E-state index >= 15 is 0 Å². The summed E-state index contributed by atoms with van der Waals surface area (Å²) >= 11 is 12.1. The Morgan fingerprint density at radius 3 is 2.36 bits per heavy atom. The summed E-state index contributed by atoms with van der Waals surface area (Å²) in [6.07, 6.45) is 2.72. The van der Waals surface area contributed by atoms with Gasteiger partial charge in [-0.1, -0.05) is 29.3 Å². The lowest BCUT2D eigenvalue weighted by Gasteiger charge is -2.04. The van der Waals surface area contributed by atoms with Crippen LogP contribution in [0.25, 0.3) is 0 Å². The van der Waals surface area contributed by atoms with Crippen molar-refractivity contribution in [3.8, 4) is 0 Å². The van der Waals surface area contributed by atoms with Gasteiger partial charge in [0.15, 0.2) is 0 Å². The molecule has 0 spiro atoms. The van der Waals surface area contributed by atoms with Crippen LogP contribution in [-0.2, 0) is 11.2 Å². The zero-order valence-electron chi connectivity index (χ0n) is 7.97. The molecule has 0 radical (unpaired) electrons. The Hall–Kier alpha value is -0.240. The maximum Gasteiger partial charge on any atom is 0.0842 e. The summed E-state index contributed by atoms with van der Waals surface area (Å²) in [4.78, 5) is 0. The van der Waals surface area contributed by atoms with Gasteiger partial charge in [-0.2, -0.15) is 0 Å². The van der Waals surface area contributed by atoms with E-state index < -0.39 is 0 Å². The maximum absolute atomic E-state index is 6.04. The second-order valence-corrected chi connectivity index (χ2v) is 4.43. The van der Waals surface area contributed by atoms with Crippen molar-refractivity contribution < 1.29 is 4.74 Å². The minimum atomic E-state index is 0.405. The topological polar surface area (TPSA) is 12.5 Å².